The van der Waals surface area contributed by atoms with Gasteiger partial charge in [-0.2, -0.15) is 0 Å². The Kier molecular flexibility index (Phi) is 4.00. The SMILES string of the molecule is CN(CCc1ccc(F)cc1)c1c(N)cccc1F. The quantitative estimate of drug-likeness (QED) is 0.857. The highest BCUT2D eigenvalue weighted by Crippen LogP contribution is 2.25. The largest absolute Gasteiger partial charge is 0.397 e. The molecule has 0 atom stereocenters. The number of anilines is 2. The van der Waals surface area contributed by atoms with Crippen LogP contribution in [0.5, 0.6) is 0 Å². The fourth-order valence-corrected chi connectivity index (χ4v) is 1.99. The van der Waals surface area contributed by atoms with Crippen molar-refractivity contribution in [1.82, 2.24) is 0 Å². The number of para-hydroxylation sites is 1. The van der Waals surface area contributed by atoms with Crippen LogP contribution >= 0.6 is 0 Å². The zero-order valence-electron chi connectivity index (χ0n) is 10.7. The molecule has 2 aromatic carbocycles. The fourth-order valence-electron chi connectivity index (χ4n) is 1.99. The zero-order valence-corrected chi connectivity index (χ0v) is 10.7. The monoisotopic (exact) mass is 262 g/mol. The molecule has 0 saturated heterocycles. The summed E-state index contributed by atoms with van der Waals surface area (Å²) in [6.07, 6.45) is 0.699. The summed E-state index contributed by atoms with van der Waals surface area (Å²) >= 11 is 0. The van der Waals surface area contributed by atoms with Gasteiger partial charge in [0, 0.05) is 13.6 Å². The van der Waals surface area contributed by atoms with Crippen LogP contribution in [0, 0.1) is 11.6 Å². The molecule has 0 unspecified atom stereocenters. The van der Waals surface area contributed by atoms with Crippen LogP contribution in [0.15, 0.2) is 42.5 Å². The average molecular weight is 262 g/mol. The minimum Gasteiger partial charge on any atom is -0.397 e. The van der Waals surface area contributed by atoms with E-state index >= 15 is 0 Å². The lowest BCUT2D eigenvalue weighted by atomic mass is 10.1. The molecule has 0 heterocycles. The van der Waals surface area contributed by atoms with Gasteiger partial charge in [-0.15, -0.1) is 0 Å². The van der Waals surface area contributed by atoms with E-state index in [1.165, 1.54) is 18.2 Å². The van der Waals surface area contributed by atoms with Gasteiger partial charge in [0.05, 0.1) is 11.4 Å². The Hall–Kier alpha value is -2.10. The summed E-state index contributed by atoms with van der Waals surface area (Å²) in [5.74, 6) is -0.586. The molecule has 0 bridgehead atoms. The molecule has 0 amide bonds. The van der Waals surface area contributed by atoms with Gasteiger partial charge in [0.2, 0.25) is 0 Å². The van der Waals surface area contributed by atoms with Gasteiger partial charge in [-0.05, 0) is 36.2 Å². The molecule has 19 heavy (non-hydrogen) atoms. The summed E-state index contributed by atoms with van der Waals surface area (Å²) < 4.78 is 26.5. The average Bonchev–Trinajstić information content (AvgIpc) is 2.38. The first-order valence-corrected chi connectivity index (χ1v) is 6.07. The zero-order chi connectivity index (χ0) is 13.8. The first-order chi connectivity index (χ1) is 9.08. The van der Waals surface area contributed by atoms with Crippen molar-refractivity contribution >= 4 is 11.4 Å². The number of nitrogen functional groups attached to an aromatic ring is 1. The minimum absolute atomic E-state index is 0.254. The van der Waals surface area contributed by atoms with Crippen molar-refractivity contribution in [3.8, 4) is 0 Å². The second-order valence-electron chi connectivity index (χ2n) is 4.48. The van der Waals surface area contributed by atoms with Crippen molar-refractivity contribution in [3.63, 3.8) is 0 Å². The molecule has 2 rings (SSSR count). The number of likely N-dealkylation sites (N-methyl/N-ethyl adjacent to an activating group) is 1. The highest BCUT2D eigenvalue weighted by atomic mass is 19.1. The van der Waals surface area contributed by atoms with E-state index in [1.807, 2.05) is 0 Å². The smallest absolute Gasteiger partial charge is 0.148 e. The highest BCUT2D eigenvalue weighted by molar-refractivity contribution is 5.67. The molecule has 2 N–H and O–H groups in total. The van der Waals surface area contributed by atoms with Crippen molar-refractivity contribution in [2.75, 3.05) is 24.2 Å². The lowest BCUT2D eigenvalue weighted by Crippen LogP contribution is -2.22. The highest BCUT2D eigenvalue weighted by Gasteiger charge is 2.10. The molecule has 0 radical (unpaired) electrons. The number of nitrogens with zero attached hydrogens (tertiary/aromatic N) is 1. The summed E-state index contributed by atoms with van der Waals surface area (Å²) in [4.78, 5) is 1.77. The van der Waals surface area contributed by atoms with Crippen LogP contribution in [0.2, 0.25) is 0 Å². The Morgan fingerprint density at radius 3 is 2.37 bits per heavy atom. The maximum atomic E-state index is 13.7. The maximum absolute atomic E-state index is 13.7. The van der Waals surface area contributed by atoms with Crippen LogP contribution in [0.4, 0.5) is 20.2 Å². The molecular weight excluding hydrogens is 246 g/mol. The van der Waals surface area contributed by atoms with E-state index in [1.54, 1.807) is 36.2 Å². The van der Waals surface area contributed by atoms with E-state index < -0.39 is 0 Å². The van der Waals surface area contributed by atoms with Crippen molar-refractivity contribution in [2.45, 2.75) is 6.42 Å². The molecule has 100 valence electrons. The molecule has 0 aliphatic rings. The molecule has 0 spiro atoms. The van der Waals surface area contributed by atoms with Gasteiger partial charge in [-0.25, -0.2) is 8.78 Å². The lowest BCUT2D eigenvalue weighted by molar-refractivity contribution is 0.622. The third kappa shape index (κ3) is 3.22. The predicted molar refractivity (Wildman–Crippen MR) is 74.2 cm³/mol. The summed E-state index contributed by atoms with van der Waals surface area (Å²) in [7, 11) is 1.79. The van der Waals surface area contributed by atoms with Crippen LogP contribution in [-0.4, -0.2) is 13.6 Å². The molecule has 0 aliphatic heterocycles. The van der Waals surface area contributed by atoms with Crippen LogP contribution in [-0.2, 0) is 6.42 Å². The van der Waals surface area contributed by atoms with Crippen molar-refractivity contribution in [3.05, 3.63) is 59.7 Å². The van der Waals surface area contributed by atoms with E-state index in [4.69, 9.17) is 5.73 Å². The van der Waals surface area contributed by atoms with Crippen LogP contribution < -0.4 is 10.6 Å². The van der Waals surface area contributed by atoms with Gasteiger partial charge >= 0.3 is 0 Å². The lowest BCUT2D eigenvalue weighted by Gasteiger charge is -2.21. The Morgan fingerprint density at radius 2 is 1.74 bits per heavy atom. The molecule has 0 aromatic heterocycles. The third-order valence-corrected chi connectivity index (χ3v) is 3.05. The van der Waals surface area contributed by atoms with E-state index in [2.05, 4.69) is 0 Å². The second kappa shape index (κ2) is 5.69. The molecule has 0 aliphatic carbocycles. The van der Waals surface area contributed by atoms with E-state index in [0.717, 1.165) is 5.56 Å². The van der Waals surface area contributed by atoms with E-state index in [0.29, 0.717) is 24.3 Å². The molecular formula is C15H16F2N2. The number of halogens is 2. The van der Waals surface area contributed by atoms with E-state index in [-0.39, 0.29) is 11.6 Å². The normalized spacial score (nSPS) is 10.5. The third-order valence-electron chi connectivity index (χ3n) is 3.05. The number of hydrogen-bond acceptors (Lipinski definition) is 2. The number of nitrogens with two attached hydrogens (primary N) is 1. The molecule has 0 fully saturated rings. The maximum Gasteiger partial charge on any atom is 0.148 e. The summed E-state index contributed by atoms with van der Waals surface area (Å²) in [5, 5.41) is 0. The van der Waals surface area contributed by atoms with Gasteiger partial charge in [0.1, 0.15) is 11.6 Å². The Bertz CT molecular complexity index is 532. The number of hydrogen-bond donors (Lipinski definition) is 1. The molecule has 2 aromatic rings. The standard InChI is InChI=1S/C15H16F2N2/c1-19(15-13(17)3-2-4-14(15)18)10-9-11-5-7-12(16)8-6-11/h2-8H,9-10,18H2,1H3. The van der Waals surface area contributed by atoms with Gasteiger partial charge in [-0.1, -0.05) is 18.2 Å². The van der Waals surface area contributed by atoms with Crippen LogP contribution in [0.3, 0.4) is 0 Å². The Labute approximate surface area is 111 Å². The van der Waals surface area contributed by atoms with Gasteiger partial charge < -0.3 is 10.6 Å². The summed E-state index contributed by atoms with van der Waals surface area (Å²) in [6.45, 7) is 0.608. The predicted octanol–water partition coefficient (Wildman–Crippen LogP) is 3.23. The summed E-state index contributed by atoms with van der Waals surface area (Å²) in [5.41, 5.74) is 7.61. The number of rotatable bonds is 4. The topological polar surface area (TPSA) is 29.3 Å². The molecule has 4 heteroatoms. The molecule has 2 nitrogen and oxygen atoms in total. The van der Waals surface area contributed by atoms with Crippen molar-refractivity contribution in [1.29, 1.82) is 0 Å². The fraction of sp³-hybridized carbons (Fsp3) is 0.200. The second-order valence-corrected chi connectivity index (χ2v) is 4.48. The van der Waals surface area contributed by atoms with Crippen LogP contribution in [0.25, 0.3) is 0 Å². The van der Waals surface area contributed by atoms with Gasteiger partial charge in [0.15, 0.2) is 0 Å². The Balaban J connectivity index is 2.05. The van der Waals surface area contributed by atoms with Crippen LogP contribution in [0.1, 0.15) is 5.56 Å². The van der Waals surface area contributed by atoms with Crippen molar-refractivity contribution < 1.29 is 8.78 Å². The minimum atomic E-state index is -0.332. The van der Waals surface area contributed by atoms with Gasteiger partial charge in [-0.3, -0.25) is 0 Å². The van der Waals surface area contributed by atoms with E-state index in [9.17, 15) is 8.78 Å². The summed E-state index contributed by atoms with van der Waals surface area (Å²) in [6, 6.07) is 11.0. The van der Waals surface area contributed by atoms with Crippen molar-refractivity contribution in [2.24, 2.45) is 0 Å². The van der Waals surface area contributed by atoms with Gasteiger partial charge in [0.25, 0.3) is 0 Å². The molecule has 0 saturated carbocycles. The first kappa shape index (κ1) is 13.3. The first-order valence-electron chi connectivity index (χ1n) is 6.07. The number of benzene rings is 2. The Morgan fingerprint density at radius 1 is 1.05 bits per heavy atom.